The van der Waals surface area contributed by atoms with Gasteiger partial charge < -0.3 is 4.42 Å². The number of furan rings is 1. The van der Waals surface area contributed by atoms with Gasteiger partial charge in [-0.05, 0) is 180 Å². The molecular weight excluding hydrogens is 1020 g/mol. The Kier molecular flexibility index (Phi) is 35.0. The van der Waals surface area contributed by atoms with Gasteiger partial charge in [0.2, 0.25) is 0 Å². The van der Waals surface area contributed by atoms with Gasteiger partial charge in [-0.1, -0.05) is 206 Å². The Morgan fingerprint density at radius 1 is 0.284 bits per heavy atom. The quantitative estimate of drug-likeness (QED) is 0.109. The summed E-state index contributed by atoms with van der Waals surface area (Å²) in [6.07, 6.45) is 13.3. The molecule has 0 atom stereocenters. The molecule has 0 saturated heterocycles. The van der Waals surface area contributed by atoms with Crippen LogP contribution >= 0.6 is 22.7 Å². The molecule has 0 aromatic carbocycles. The molecule has 0 bridgehead atoms. The zero-order valence-corrected chi connectivity index (χ0v) is 58.1. The van der Waals surface area contributed by atoms with Crippen LogP contribution in [0.25, 0.3) is 0 Å². The van der Waals surface area contributed by atoms with Crippen LogP contribution in [0.4, 0.5) is 0 Å². The lowest BCUT2D eigenvalue weighted by atomic mass is 9.93. The lowest BCUT2D eigenvalue weighted by Gasteiger charge is -2.14. The number of thiophene rings is 2. The molecule has 0 aliphatic heterocycles. The van der Waals surface area contributed by atoms with Crippen LogP contribution in [-0.2, 0) is 0 Å². The highest BCUT2D eigenvalue weighted by atomic mass is 32.1. The summed E-state index contributed by atoms with van der Waals surface area (Å²) in [5, 5.41) is 4.40. The Hall–Kier alpha value is -4.72. The van der Waals surface area contributed by atoms with Crippen LogP contribution in [0, 0.1) is 0 Å². The molecule has 0 aliphatic carbocycles. The SMILES string of the molecule is CC(C)c1cccnc1C(C)C.CC(C)c1cccnc1C(C)C.CC(C)c1ccncc1C(C)C.CC(C)c1ccncc1C(C)C.CC(C)c1ccoc1C(C)C.CC(C)c1ccsc1C(C)C.CC(C)c1ccsc1C(C)C. The minimum Gasteiger partial charge on any atom is -0.469 e. The third kappa shape index (κ3) is 25.8. The van der Waals surface area contributed by atoms with Crippen molar-refractivity contribution in [1.82, 2.24) is 19.9 Å². The molecule has 7 aromatic heterocycles. The molecule has 81 heavy (non-hydrogen) atoms. The van der Waals surface area contributed by atoms with Crippen molar-refractivity contribution in [3.8, 4) is 0 Å². The Morgan fingerprint density at radius 2 is 0.605 bits per heavy atom. The smallest absolute Gasteiger partial charge is 0.109 e. The molecule has 7 aromatic rings. The zero-order valence-electron chi connectivity index (χ0n) is 56.5. The molecule has 0 amide bonds. The van der Waals surface area contributed by atoms with E-state index >= 15 is 0 Å². The van der Waals surface area contributed by atoms with E-state index in [2.05, 4.69) is 267 Å². The fourth-order valence-corrected chi connectivity index (χ4v) is 11.6. The third-order valence-electron chi connectivity index (χ3n) is 14.0. The maximum Gasteiger partial charge on any atom is 0.109 e. The van der Waals surface area contributed by atoms with Gasteiger partial charge >= 0.3 is 0 Å². The molecular formula is C74H116N4OS2. The fourth-order valence-electron chi connectivity index (χ4n) is 9.48. The summed E-state index contributed by atoms with van der Waals surface area (Å²) in [4.78, 5) is 20.2. The van der Waals surface area contributed by atoms with E-state index in [0.717, 1.165) is 5.76 Å². The summed E-state index contributed by atoms with van der Waals surface area (Å²) >= 11 is 3.77. The van der Waals surface area contributed by atoms with E-state index in [0.29, 0.717) is 82.9 Å². The molecule has 5 nitrogen and oxygen atoms in total. The van der Waals surface area contributed by atoms with Gasteiger partial charge in [-0.15, -0.1) is 22.7 Å². The van der Waals surface area contributed by atoms with Crippen molar-refractivity contribution in [3.05, 3.63) is 186 Å². The largest absolute Gasteiger partial charge is 0.469 e. The van der Waals surface area contributed by atoms with Crippen LogP contribution in [0.5, 0.6) is 0 Å². The third-order valence-corrected chi connectivity index (χ3v) is 16.4. The van der Waals surface area contributed by atoms with Crippen molar-refractivity contribution >= 4 is 22.7 Å². The van der Waals surface area contributed by atoms with Gasteiger partial charge in [-0.25, -0.2) is 0 Å². The normalized spacial score (nSPS) is 11.3. The van der Waals surface area contributed by atoms with E-state index < -0.39 is 0 Å². The number of pyridine rings is 4. The number of nitrogens with zero attached hydrogens (tertiary/aromatic N) is 4. The van der Waals surface area contributed by atoms with Gasteiger partial charge in [0.15, 0.2) is 0 Å². The van der Waals surface area contributed by atoms with Gasteiger partial charge in [-0.3, -0.25) is 19.9 Å². The molecule has 0 spiro atoms. The Morgan fingerprint density at radius 3 is 0.827 bits per heavy atom. The van der Waals surface area contributed by atoms with Crippen LogP contribution in [-0.4, -0.2) is 19.9 Å². The Balaban J connectivity index is 0.000000473. The van der Waals surface area contributed by atoms with E-state index in [1.54, 1.807) is 16.0 Å². The van der Waals surface area contributed by atoms with Crippen molar-refractivity contribution in [3.63, 3.8) is 0 Å². The lowest BCUT2D eigenvalue weighted by Crippen LogP contribution is -2.00. The molecule has 0 N–H and O–H groups in total. The van der Waals surface area contributed by atoms with Crippen LogP contribution in [0.1, 0.15) is 354 Å². The first-order chi connectivity index (χ1) is 37.9. The molecule has 7 heterocycles. The van der Waals surface area contributed by atoms with Gasteiger partial charge in [0.25, 0.3) is 0 Å². The predicted octanol–water partition coefficient (Wildman–Crippen LogP) is 24.8. The number of aromatic nitrogens is 4. The van der Waals surface area contributed by atoms with Crippen molar-refractivity contribution in [2.45, 2.75) is 277 Å². The fraction of sp³-hybridized carbons (Fsp3) is 0.568. The highest BCUT2D eigenvalue weighted by molar-refractivity contribution is 7.10. The second-order valence-corrected chi connectivity index (χ2v) is 27.7. The zero-order chi connectivity index (χ0) is 61.8. The van der Waals surface area contributed by atoms with Crippen LogP contribution < -0.4 is 0 Å². The van der Waals surface area contributed by atoms with Gasteiger partial charge in [-0.2, -0.15) is 0 Å². The molecule has 0 fully saturated rings. The van der Waals surface area contributed by atoms with Crippen LogP contribution in [0.2, 0.25) is 0 Å². The van der Waals surface area contributed by atoms with Crippen molar-refractivity contribution < 1.29 is 4.42 Å². The predicted molar refractivity (Wildman–Crippen MR) is 362 cm³/mol. The topological polar surface area (TPSA) is 64.7 Å². The van der Waals surface area contributed by atoms with Crippen molar-refractivity contribution in [2.75, 3.05) is 0 Å². The van der Waals surface area contributed by atoms with E-state index in [9.17, 15) is 0 Å². The van der Waals surface area contributed by atoms with E-state index in [4.69, 9.17) is 4.42 Å². The van der Waals surface area contributed by atoms with Crippen LogP contribution in [0.15, 0.2) is 113 Å². The average Bonchev–Trinajstić information content (AvgIpc) is 4.25. The molecule has 0 saturated carbocycles. The van der Waals surface area contributed by atoms with Gasteiger partial charge in [0, 0.05) is 64.2 Å². The highest BCUT2D eigenvalue weighted by Gasteiger charge is 2.15. The summed E-state index contributed by atoms with van der Waals surface area (Å²) in [5.74, 6) is 9.54. The Bertz CT molecular complexity index is 2200. The number of hydrogen-bond donors (Lipinski definition) is 0. The maximum absolute atomic E-state index is 5.39. The summed E-state index contributed by atoms with van der Waals surface area (Å²) < 4.78 is 5.39. The first kappa shape index (κ1) is 74.3. The lowest BCUT2D eigenvalue weighted by molar-refractivity contribution is 0.479. The second kappa shape index (κ2) is 38.2. The molecule has 450 valence electrons. The molecule has 0 radical (unpaired) electrons. The maximum atomic E-state index is 5.39. The van der Waals surface area contributed by atoms with Gasteiger partial charge in [0.05, 0.1) is 6.26 Å². The van der Waals surface area contributed by atoms with E-state index in [1.165, 1.54) is 61.5 Å². The number of rotatable bonds is 14. The first-order valence-electron chi connectivity index (χ1n) is 30.9. The van der Waals surface area contributed by atoms with Crippen LogP contribution in [0.3, 0.4) is 0 Å². The summed E-state index contributed by atoms with van der Waals surface area (Å²) in [7, 11) is 0. The summed E-state index contributed by atoms with van der Waals surface area (Å²) in [6.45, 7) is 62.1. The molecule has 7 rings (SSSR count). The minimum absolute atomic E-state index is 0.502. The molecule has 7 heteroatoms. The standard InChI is InChI=1S/4C11H17N.C10H16O.2C10H16S/c2*1-8(2)10-5-6-12-7-11(10)9(3)4;2*1-8(2)10-6-5-7-12-11(10)9(3)4;3*1-7(2)9-5-6-11-10(9)8(3)4/h4*5-9H,1-4H3;3*5-8H,1-4H3. The molecule has 0 aliphatic rings. The first-order valence-corrected chi connectivity index (χ1v) is 32.6. The Labute approximate surface area is 506 Å². The van der Waals surface area contributed by atoms with Crippen molar-refractivity contribution in [1.29, 1.82) is 0 Å². The molecule has 0 unspecified atom stereocenters. The van der Waals surface area contributed by atoms with Crippen molar-refractivity contribution in [2.24, 2.45) is 0 Å². The van der Waals surface area contributed by atoms with E-state index in [1.807, 2.05) is 72.0 Å². The average molecular weight is 1140 g/mol. The van der Waals surface area contributed by atoms with E-state index in [-0.39, 0.29) is 0 Å². The van der Waals surface area contributed by atoms with Gasteiger partial charge in [0.1, 0.15) is 5.76 Å². The minimum atomic E-state index is 0.502. The second-order valence-electron chi connectivity index (χ2n) is 25.9. The monoisotopic (exact) mass is 1140 g/mol. The summed E-state index contributed by atoms with van der Waals surface area (Å²) in [6, 6.07) is 19.2. The summed E-state index contributed by atoms with van der Waals surface area (Å²) in [5.41, 5.74) is 15.3. The number of hydrogen-bond acceptors (Lipinski definition) is 7. The highest BCUT2D eigenvalue weighted by Crippen LogP contribution is 2.33.